The number of ether oxygens (including phenoxy) is 2. The fourth-order valence-corrected chi connectivity index (χ4v) is 4.05. The van der Waals surface area contributed by atoms with Crippen LogP contribution in [0.3, 0.4) is 0 Å². The van der Waals surface area contributed by atoms with E-state index in [0.29, 0.717) is 42.1 Å². The minimum atomic E-state index is -0.716. The van der Waals surface area contributed by atoms with Crippen LogP contribution in [0.15, 0.2) is 41.5 Å². The molecule has 1 aromatic carbocycles. The van der Waals surface area contributed by atoms with Crippen molar-refractivity contribution in [1.29, 1.82) is 0 Å². The first kappa shape index (κ1) is 24.4. The first-order valence-electron chi connectivity index (χ1n) is 12.0. The minimum absolute atomic E-state index is 0.0352. The lowest BCUT2D eigenvalue weighted by atomic mass is 9.94. The van der Waals surface area contributed by atoms with E-state index in [-0.39, 0.29) is 12.4 Å². The predicted molar refractivity (Wildman–Crippen MR) is 133 cm³/mol. The molecule has 0 unspecified atom stereocenters. The van der Waals surface area contributed by atoms with Gasteiger partial charge in [-0.25, -0.2) is 19.3 Å². The Morgan fingerprint density at radius 3 is 2.72 bits per heavy atom. The lowest BCUT2D eigenvalue weighted by Crippen LogP contribution is -2.39. The van der Waals surface area contributed by atoms with Gasteiger partial charge in [0.15, 0.2) is 5.82 Å². The third-order valence-corrected chi connectivity index (χ3v) is 6.21. The molecule has 0 bridgehead atoms. The molecule has 0 radical (unpaired) electrons. The van der Waals surface area contributed by atoms with Gasteiger partial charge in [-0.3, -0.25) is 9.89 Å². The Balaban J connectivity index is 1.36. The zero-order chi connectivity index (χ0) is 25.0. The molecule has 36 heavy (non-hydrogen) atoms. The Hall–Kier alpha value is -3.25. The maximum Gasteiger partial charge on any atom is 0.223 e. The smallest absolute Gasteiger partial charge is 0.223 e. The molecule has 3 N–H and O–H groups in total. The summed E-state index contributed by atoms with van der Waals surface area (Å²) in [5, 5.41) is 12.9. The van der Waals surface area contributed by atoms with Crippen LogP contribution in [0.2, 0.25) is 0 Å². The summed E-state index contributed by atoms with van der Waals surface area (Å²) in [6, 6.07) is 7.93. The number of aliphatic hydroxyl groups excluding tert-OH is 1. The summed E-state index contributed by atoms with van der Waals surface area (Å²) in [6.45, 7) is 5.86. The van der Waals surface area contributed by atoms with Crippen LogP contribution in [0.25, 0.3) is 22.6 Å². The van der Waals surface area contributed by atoms with Crippen molar-refractivity contribution in [3.05, 3.63) is 48.2 Å². The number of aromatic amines is 1. The van der Waals surface area contributed by atoms with E-state index in [1.807, 2.05) is 13.1 Å². The summed E-state index contributed by atoms with van der Waals surface area (Å²) in [6.07, 6.45) is 3.85. The van der Waals surface area contributed by atoms with Crippen LogP contribution < -0.4 is 5.32 Å². The normalized spacial score (nSPS) is 22.2. The van der Waals surface area contributed by atoms with E-state index in [9.17, 15) is 9.50 Å². The highest BCUT2D eigenvalue weighted by atomic mass is 19.1. The summed E-state index contributed by atoms with van der Waals surface area (Å²) in [5.41, 5.74) is 2.16. The monoisotopic (exact) mass is 495 g/mol. The number of imidazole rings is 1. The molecule has 2 aliphatic heterocycles. The van der Waals surface area contributed by atoms with Crippen LogP contribution in [-0.2, 0) is 9.47 Å². The summed E-state index contributed by atoms with van der Waals surface area (Å²) in [7, 11) is 0. The molecule has 11 heteroatoms. The molecule has 1 fully saturated rings. The van der Waals surface area contributed by atoms with Crippen molar-refractivity contribution >= 4 is 12.2 Å². The maximum atomic E-state index is 13.6. The number of H-pyrrole nitrogens is 1. The van der Waals surface area contributed by atoms with Crippen molar-refractivity contribution in [3.63, 3.8) is 0 Å². The highest BCUT2D eigenvalue weighted by Gasteiger charge is 2.34. The standard InChI is InChI=1S/C25H30FN7O3/c1-25(13-34)14-35-23(36-15-25)22-31-20(17-3-5-18(26)6-4-17)21(32-22)19-7-9-29-24(30-19)28-8-2-11-33-12-10-27-16-33/h3-7,9-10,23,34H,2,8,11-16H2,1H3,(H,31,32)(H,28,29,30). The predicted octanol–water partition coefficient (Wildman–Crippen LogP) is 2.86. The quantitative estimate of drug-likeness (QED) is 0.388. The third kappa shape index (κ3) is 5.59. The van der Waals surface area contributed by atoms with Crippen molar-refractivity contribution in [2.24, 2.45) is 10.4 Å². The average molecular weight is 496 g/mol. The molecule has 5 rings (SSSR count). The summed E-state index contributed by atoms with van der Waals surface area (Å²) < 4.78 is 25.3. The van der Waals surface area contributed by atoms with E-state index in [0.717, 1.165) is 38.3 Å². The van der Waals surface area contributed by atoms with E-state index < -0.39 is 11.7 Å². The highest BCUT2D eigenvalue weighted by Crippen LogP contribution is 2.35. The fourth-order valence-electron chi connectivity index (χ4n) is 4.05. The van der Waals surface area contributed by atoms with Gasteiger partial charge in [0, 0.05) is 43.0 Å². The van der Waals surface area contributed by atoms with Crippen LogP contribution in [-0.4, -0.2) is 82.3 Å². The van der Waals surface area contributed by atoms with Gasteiger partial charge >= 0.3 is 0 Å². The molecule has 2 aliphatic rings. The molecule has 0 aliphatic carbocycles. The van der Waals surface area contributed by atoms with E-state index in [4.69, 9.17) is 19.4 Å². The first-order valence-corrected chi connectivity index (χ1v) is 12.0. The first-order chi connectivity index (χ1) is 17.5. The van der Waals surface area contributed by atoms with E-state index in [1.165, 1.54) is 12.1 Å². The lowest BCUT2D eigenvalue weighted by Gasteiger charge is -2.35. The number of aliphatic imine (C=N–C) groups is 1. The summed E-state index contributed by atoms with van der Waals surface area (Å²) in [4.78, 5) is 23.6. The van der Waals surface area contributed by atoms with Gasteiger partial charge < -0.3 is 24.9 Å². The number of halogens is 1. The van der Waals surface area contributed by atoms with Gasteiger partial charge in [0.05, 0.1) is 43.6 Å². The largest absolute Gasteiger partial charge is 0.396 e. The van der Waals surface area contributed by atoms with Crippen LogP contribution in [0.1, 0.15) is 25.5 Å². The molecule has 4 heterocycles. The van der Waals surface area contributed by atoms with Crippen molar-refractivity contribution in [1.82, 2.24) is 24.8 Å². The van der Waals surface area contributed by atoms with Gasteiger partial charge in [-0.15, -0.1) is 0 Å². The Morgan fingerprint density at radius 1 is 1.19 bits per heavy atom. The van der Waals surface area contributed by atoms with E-state index >= 15 is 0 Å². The van der Waals surface area contributed by atoms with Gasteiger partial charge in [0.1, 0.15) is 5.82 Å². The van der Waals surface area contributed by atoms with Crippen LogP contribution in [0.5, 0.6) is 0 Å². The zero-order valence-electron chi connectivity index (χ0n) is 20.2. The number of hydrogen-bond donors (Lipinski definition) is 3. The Morgan fingerprint density at radius 2 is 2.00 bits per heavy atom. The summed E-state index contributed by atoms with van der Waals surface area (Å²) in [5.74, 6) is 0.660. The van der Waals surface area contributed by atoms with Crippen LogP contribution in [0.4, 0.5) is 10.3 Å². The second-order valence-corrected chi connectivity index (χ2v) is 9.40. The van der Waals surface area contributed by atoms with Crippen molar-refractivity contribution in [2.45, 2.75) is 19.6 Å². The van der Waals surface area contributed by atoms with Gasteiger partial charge in [-0.1, -0.05) is 6.92 Å². The average Bonchev–Trinajstić information content (AvgIpc) is 3.58. The second kappa shape index (κ2) is 10.8. The van der Waals surface area contributed by atoms with Crippen LogP contribution in [0, 0.1) is 11.2 Å². The fraction of sp³-hybridized carbons (Fsp3) is 0.440. The van der Waals surface area contributed by atoms with Crippen molar-refractivity contribution in [3.8, 4) is 22.6 Å². The number of aromatic nitrogens is 4. The highest BCUT2D eigenvalue weighted by molar-refractivity contribution is 5.77. The second-order valence-electron chi connectivity index (χ2n) is 9.40. The number of hydrogen-bond acceptors (Lipinski definition) is 9. The molecule has 190 valence electrons. The van der Waals surface area contributed by atoms with E-state index in [2.05, 4.69) is 25.2 Å². The molecular weight excluding hydrogens is 465 g/mol. The molecule has 0 spiro atoms. The molecule has 1 saturated heterocycles. The van der Waals surface area contributed by atoms with Crippen molar-refractivity contribution < 1.29 is 19.0 Å². The zero-order valence-corrected chi connectivity index (χ0v) is 20.2. The molecule has 0 amide bonds. The van der Waals surface area contributed by atoms with Gasteiger partial charge in [-0.05, 0) is 36.8 Å². The molecule has 0 atom stereocenters. The third-order valence-electron chi connectivity index (χ3n) is 6.21. The molecule has 10 nitrogen and oxygen atoms in total. The van der Waals surface area contributed by atoms with Crippen molar-refractivity contribution in [2.75, 3.05) is 51.4 Å². The van der Waals surface area contributed by atoms with Gasteiger partial charge in [0.2, 0.25) is 12.2 Å². The SMILES string of the molecule is CC1(CO)COC(c2nc(-c3ccc(F)cc3)c(-c3ccnc(NCCCN4CC=NC4)n3)[nH]2)OC1. The van der Waals surface area contributed by atoms with E-state index in [1.54, 1.807) is 24.4 Å². The van der Waals surface area contributed by atoms with Gasteiger partial charge in [-0.2, -0.15) is 0 Å². The minimum Gasteiger partial charge on any atom is -0.396 e. The molecular formula is C25H30FN7O3. The molecule has 0 saturated carbocycles. The number of aliphatic hydroxyl groups is 1. The molecule has 3 aromatic rings. The number of benzene rings is 1. The maximum absolute atomic E-state index is 13.6. The van der Waals surface area contributed by atoms with Crippen LogP contribution >= 0.6 is 0 Å². The Labute approximate surface area is 208 Å². The number of rotatable bonds is 9. The number of anilines is 1. The Kier molecular flexibility index (Phi) is 7.33. The van der Waals surface area contributed by atoms with Gasteiger partial charge in [0.25, 0.3) is 0 Å². The topological polar surface area (TPSA) is 121 Å². The number of nitrogens with zero attached hydrogens (tertiary/aromatic N) is 5. The summed E-state index contributed by atoms with van der Waals surface area (Å²) >= 11 is 0. The Bertz CT molecular complexity index is 1180. The lowest BCUT2D eigenvalue weighted by molar-refractivity contribution is -0.239. The number of nitrogens with one attached hydrogen (secondary N) is 2. The molecule has 2 aromatic heterocycles.